The van der Waals surface area contributed by atoms with Crippen LogP contribution < -0.4 is 0 Å². The minimum absolute atomic E-state index is 0.227. The molecule has 0 atom stereocenters. The van der Waals surface area contributed by atoms with Gasteiger partial charge < -0.3 is 10.1 Å². The van der Waals surface area contributed by atoms with Gasteiger partial charge in [0.25, 0.3) is 0 Å². The molecule has 1 saturated heterocycles. The lowest BCUT2D eigenvalue weighted by molar-refractivity contribution is -0.127. The SMILES string of the molecule is CS(=O)(=O)CC(=O)N1CC/C(=N/O)C1. The number of hydrogen-bond donors (Lipinski definition) is 1. The lowest BCUT2D eigenvalue weighted by Gasteiger charge is -2.13. The predicted octanol–water partition coefficient (Wildman–Crippen LogP) is -0.907. The highest BCUT2D eigenvalue weighted by atomic mass is 32.2. The number of sulfone groups is 1. The van der Waals surface area contributed by atoms with Crippen molar-refractivity contribution in [1.29, 1.82) is 0 Å². The Balaban J connectivity index is 2.57. The summed E-state index contributed by atoms with van der Waals surface area (Å²) in [5, 5.41) is 11.4. The minimum atomic E-state index is -3.28. The molecule has 0 aromatic rings. The van der Waals surface area contributed by atoms with Crippen LogP contribution in [0.4, 0.5) is 0 Å². The fraction of sp³-hybridized carbons (Fsp3) is 0.714. The average molecular weight is 220 g/mol. The Kier molecular flexibility index (Phi) is 3.10. The molecule has 1 amide bonds. The number of likely N-dealkylation sites (tertiary alicyclic amines) is 1. The zero-order valence-corrected chi connectivity index (χ0v) is 8.62. The van der Waals surface area contributed by atoms with Gasteiger partial charge in [0, 0.05) is 19.2 Å². The van der Waals surface area contributed by atoms with Crippen LogP contribution >= 0.6 is 0 Å². The zero-order valence-electron chi connectivity index (χ0n) is 7.80. The summed E-state index contributed by atoms with van der Waals surface area (Å²) in [6.07, 6.45) is 1.52. The van der Waals surface area contributed by atoms with E-state index in [4.69, 9.17) is 5.21 Å². The molecule has 0 aromatic carbocycles. The highest BCUT2D eigenvalue weighted by molar-refractivity contribution is 7.91. The molecule has 0 bridgehead atoms. The Labute approximate surface area is 82.1 Å². The van der Waals surface area contributed by atoms with Gasteiger partial charge in [-0.3, -0.25) is 4.79 Å². The molecule has 0 aromatic heterocycles. The third kappa shape index (κ3) is 2.99. The maximum Gasteiger partial charge on any atom is 0.238 e. The number of carbonyl (C=O) groups excluding carboxylic acids is 1. The van der Waals surface area contributed by atoms with Gasteiger partial charge in [-0.15, -0.1) is 0 Å². The summed E-state index contributed by atoms with van der Waals surface area (Å²) < 4.78 is 21.6. The summed E-state index contributed by atoms with van der Waals surface area (Å²) in [5.74, 6) is -0.919. The first-order valence-corrected chi connectivity index (χ1v) is 6.14. The summed E-state index contributed by atoms with van der Waals surface area (Å²) in [7, 11) is -3.28. The number of rotatable bonds is 2. The van der Waals surface area contributed by atoms with E-state index in [1.807, 2.05) is 0 Å². The van der Waals surface area contributed by atoms with Crippen molar-refractivity contribution in [1.82, 2.24) is 4.90 Å². The van der Waals surface area contributed by atoms with Gasteiger partial charge in [-0.2, -0.15) is 0 Å². The van der Waals surface area contributed by atoms with Crippen LogP contribution in [0.3, 0.4) is 0 Å². The van der Waals surface area contributed by atoms with E-state index in [9.17, 15) is 13.2 Å². The molecule has 0 aliphatic carbocycles. The highest BCUT2D eigenvalue weighted by Gasteiger charge is 2.25. The largest absolute Gasteiger partial charge is 0.411 e. The summed E-state index contributed by atoms with van der Waals surface area (Å²) in [6.45, 7) is 0.651. The normalized spacial score (nSPS) is 20.4. The van der Waals surface area contributed by atoms with Crippen LogP contribution in [-0.4, -0.2) is 55.2 Å². The Morgan fingerprint density at radius 2 is 2.29 bits per heavy atom. The first-order chi connectivity index (χ1) is 6.42. The number of oxime groups is 1. The molecule has 80 valence electrons. The third-order valence-corrected chi connectivity index (χ3v) is 2.69. The molecule has 1 heterocycles. The first-order valence-electron chi connectivity index (χ1n) is 4.07. The zero-order chi connectivity index (χ0) is 10.8. The Morgan fingerprint density at radius 3 is 2.71 bits per heavy atom. The smallest absolute Gasteiger partial charge is 0.238 e. The maximum atomic E-state index is 11.3. The van der Waals surface area contributed by atoms with Crippen LogP contribution in [0, 0.1) is 0 Å². The summed E-state index contributed by atoms with van der Waals surface area (Å²) in [6, 6.07) is 0. The van der Waals surface area contributed by atoms with Crippen LogP contribution in [0.15, 0.2) is 5.16 Å². The van der Waals surface area contributed by atoms with Crippen LogP contribution in [0.25, 0.3) is 0 Å². The summed E-state index contributed by atoms with van der Waals surface area (Å²) >= 11 is 0. The fourth-order valence-corrected chi connectivity index (χ4v) is 1.88. The lowest BCUT2D eigenvalue weighted by Crippen LogP contribution is -2.33. The van der Waals surface area contributed by atoms with Gasteiger partial charge in [-0.25, -0.2) is 8.42 Å². The predicted molar refractivity (Wildman–Crippen MR) is 50.1 cm³/mol. The van der Waals surface area contributed by atoms with Crippen molar-refractivity contribution in [3.8, 4) is 0 Å². The first kappa shape index (κ1) is 11.0. The molecule has 1 N–H and O–H groups in total. The van der Waals surface area contributed by atoms with Gasteiger partial charge in [0.05, 0.1) is 12.3 Å². The number of nitrogens with zero attached hydrogens (tertiary/aromatic N) is 2. The second-order valence-corrected chi connectivity index (χ2v) is 5.44. The van der Waals surface area contributed by atoms with Gasteiger partial charge in [-0.05, 0) is 0 Å². The van der Waals surface area contributed by atoms with Gasteiger partial charge in [0.1, 0.15) is 5.75 Å². The summed E-state index contributed by atoms with van der Waals surface area (Å²) in [4.78, 5) is 12.7. The molecule has 0 radical (unpaired) electrons. The highest BCUT2D eigenvalue weighted by Crippen LogP contribution is 2.06. The van der Waals surface area contributed by atoms with Gasteiger partial charge >= 0.3 is 0 Å². The van der Waals surface area contributed by atoms with Gasteiger partial charge in [0.15, 0.2) is 9.84 Å². The fourth-order valence-electron chi connectivity index (χ4n) is 1.25. The average Bonchev–Trinajstić information content (AvgIpc) is 2.48. The van der Waals surface area contributed by atoms with E-state index in [1.54, 1.807) is 0 Å². The topological polar surface area (TPSA) is 87.0 Å². The van der Waals surface area contributed by atoms with E-state index in [0.29, 0.717) is 18.7 Å². The number of amides is 1. The molecular formula is C7H12N2O4S. The molecule has 0 spiro atoms. The second kappa shape index (κ2) is 3.95. The molecule has 0 saturated carbocycles. The molecule has 1 aliphatic heterocycles. The lowest BCUT2D eigenvalue weighted by atomic mass is 10.3. The van der Waals surface area contributed by atoms with Crippen molar-refractivity contribution in [2.45, 2.75) is 6.42 Å². The number of hydrogen-bond acceptors (Lipinski definition) is 5. The van der Waals surface area contributed by atoms with Gasteiger partial charge in [0.2, 0.25) is 5.91 Å². The van der Waals surface area contributed by atoms with Crippen LogP contribution in [-0.2, 0) is 14.6 Å². The minimum Gasteiger partial charge on any atom is -0.411 e. The Morgan fingerprint density at radius 1 is 1.64 bits per heavy atom. The van der Waals surface area contributed by atoms with Crippen molar-refractivity contribution >= 4 is 21.5 Å². The van der Waals surface area contributed by atoms with Crippen molar-refractivity contribution in [3.63, 3.8) is 0 Å². The van der Waals surface area contributed by atoms with E-state index in [1.165, 1.54) is 4.90 Å². The molecule has 1 fully saturated rings. The Bertz CT molecular complexity index is 360. The summed E-state index contributed by atoms with van der Waals surface area (Å²) in [5.41, 5.74) is 0.506. The molecule has 0 unspecified atom stereocenters. The second-order valence-electron chi connectivity index (χ2n) is 3.30. The molecule has 14 heavy (non-hydrogen) atoms. The quantitative estimate of drug-likeness (QED) is 0.482. The van der Waals surface area contributed by atoms with Crippen LogP contribution in [0.5, 0.6) is 0 Å². The van der Waals surface area contributed by atoms with E-state index in [2.05, 4.69) is 5.16 Å². The molecule has 1 rings (SSSR count). The van der Waals surface area contributed by atoms with Crippen LogP contribution in [0.2, 0.25) is 0 Å². The molecule has 7 heteroatoms. The van der Waals surface area contributed by atoms with Gasteiger partial charge in [-0.1, -0.05) is 5.16 Å². The molecule has 1 aliphatic rings. The van der Waals surface area contributed by atoms with Crippen molar-refractivity contribution in [3.05, 3.63) is 0 Å². The third-order valence-electron chi connectivity index (χ3n) is 1.92. The van der Waals surface area contributed by atoms with E-state index in [0.717, 1.165) is 6.26 Å². The van der Waals surface area contributed by atoms with E-state index >= 15 is 0 Å². The molecule has 6 nitrogen and oxygen atoms in total. The van der Waals surface area contributed by atoms with Crippen molar-refractivity contribution < 1.29 is 18.4 Å². The van der Waals surface area contributed by atoms with Crippen molar-refractivity contribution in [2.75, 3.05) is 25.1 Å². The Hall–Kier alpha value is -1.11. The van der Waals surface area contributed by atoms with Crippen molar-refractivity contribution in [2.24, 2.45) is 5.16 Å². The maximum absolute atomic E-state index is 11.3. The van der Waals surface area contributed by atoms with Crippen LogP contribution in [0.1, 0.15) is 6.42 Å². The standard InChI is InChI=1S/C7H12N2O4S/c1-14(12,13)5-7(10)9-3-2-6(4-9)8-11/h11H,2-5H2,1H3/b8-6-. The molecular weight excluding hydrogens is 208 g/mol. The number of carbonyl (C=O) groups is 1. The van der Waals surface area contributed by atoms with E-state index < -0.39 is 21.5 Å². The van der Waals surface area contributed by atoms with E-state index in [-0.39, 0.29) is 6.54 Å². The monoisotopic (exact) mass is 220 g/mol.